The van der Waals surface area contributed by atoms with Crippen molar-refractivity contribution in [2.45, 2.75) is 17.7 Å². The summed E-state index contributed by atoms with van der Waals surface area (Å²) in [5.74, 6) is 0.222. The highest BCUT2D eigenvalue weighted by Gasteiger charge is 2.30. The summed E-state index contributed by atoms with van der Waals surface area (Å²) in [4.78, 5) is 12.1. The number of carbonyl (C=O) groups excluding carboxylic acids is 1. The third-order valence-electron chi connectivity index (χ3n) is 3.38. The molecule has 3 rings (SSSR count). The van der Waals surface area contributed by atoms with E-state index in [1.54, 1.807) is 0 Å². The van der Waals surface area contributed by atoms with Crippen molar-refractivity contribution in [3.05, 3.63) is 35.5 Å². The van der Waals surface area contributed by atoms with Gasteiger partial charge in [-0.2, -0.15) is 0 Å². The monoisotopic (exact) mass is 277 g/mol. The van der Waals surface area contributed by atoms with Crippen LogP contribution in [0.2, 0.25) is 0 Å². The highest BCUT2D eigenvalue weighted by Crippen LogP contribution is 2.33. The molecule has 1 heterocycles. The van der Waals surface area contributed by atoms with Crippen molar-refractivity contribution in [2.24, 2.45) is 7.05 Å². The Labute approximate surface area is 102 Å². The van der Waals surface area contributed by atoms with Crippen molar-refractivity contribution in [3.8, 4) is 0 Å². The molecular formula is C13H12BrNO. The second-order valence-electron chi connectivity index (χ2n) is 4.27. The van der Waals surface area contributed by atoms with Crippen LogP contribution in [0.1, 0.15) is 22.5 Å². The number of hydrogen-bond donors (Lipinski definition) is 0. The molecular weight excluding hydrogens is 266 g/mol. The number of para-hydroxylation sites is 1. The van der Waals surface area contributed by atoms with Gasteiger partial charge in [0.15, 0.2) is 5.78 Å². The number of fused-ring (bicyclic) bond motifs is 3. The van der Waals surface area contributed by atoms with E-state index < -0.39 is 0 Å². The fourth-order valence-electron chi connectivity index (χ4n) is 2.59. The van der Waals surface area contributed by atoms with E-state index in [1.165, 1.54) is 10.9 Å². The number of aromatic nitrogens is 1. The van der Waals surface area contributed by atoms with Gasteiger partial charge in [-0.05, 0) is 24.5 Å². The summed E-state index contributed by atoms with van der Waals surface area (Å²) in [6.07, 6.45) is 1.89. The summed E-state index contributed by atoms with van der Waals surface area (Å²) in [6, 6.07) is 8.23. The van der Waals surface area contributed by atoms with Gasteiger partial charge in [0, 0.05) is 18.0 Å². The van der Waals surface area contributed by atoms with Crippen LogP contribution in [0.3, 0.4) is 0 Å². The van der Waals surface area contributed by atoms with E-state index in [0.29, 0.717) is 0 Å². The van der Waals surface area contributed by atoms with Crippen LogP contribution >= 0.6 is 15.9 Å². The van der Waals surface area contributed by atoms with Crippen LogP contribution in [-0.4, -0.2) is 15.2 Å². The molecule has 0 aliphatic heterocycles. The minimum atomic E-state index is -0.0111. The molecule has 0 fully saturated rings. The molecule has 2 nitrogen and oxygen atoms in total. The van der Waals surface area contributed by atoms with Gasteiger partial charge in [-0.1, -0.05) is 34.1 Å². The zero-order valence-corrected chi connectivity index (χ0v) is 10.6. The molecule has 1 aromatic carbocycles. The van der Waals surface area contributed by atoms with Crippen LogP contribution in [-0.2, 0) is 13.5 Å². The van der Waals surface area contributed by atoms with Crippen molar-refractivity contribution in [3.63, 3.8) is 0 Å². The minimum Gasteiger partial charge on any atom is -0.341 e. The largest absolute Gasteiger partial charge is 0.341 e. The highest BCUT2D eigenvalue weighted by atomic mass is 79.9. The lowest BCUT2D eigenvalue weighted by molar-refractivity contribution is 0.0974. The number of halogens is 1. The van der Waals surface area contributed by atoms with Crippen LogP contribution in [0.25, 0.3) is 10.9 Å². The number of benzene rings is 1. The summed E-state index contributed by atoms with van der Waals surface area (Å²) in [5, 5.41) is 1.23. The molecule has 0 spiro atoms. The lowest BCUT2D eigenvalue weighted by atomic mass is 9.94. The Morgan fingerprint density at radius 1 is 1.38 bits per heavy atom. The van der Waals surface area contributed by atoms with Crippen molar-refractivity contribution >= 4 is 32.6 Å². The molecule has 1 aliphatic carbocycles. The normalized spacial score (nSPS) is 20.1. The number of Topliss-reactive ketones (excluding diaryl/α,β-unsaturated/α-hetero) is 1. The summed E-state index contributed by atoms with van der Waals surface area (Å²) in [6.45, 7) is 0. The van der Waals surface area contributed by atoms with Gasteiger partial charge in [0.2, 0.25) is 0 Å². The van der Waals surface area contributed by atoms with Crippen molar-refractivity contribution < 1.29 is 4.79 Å². The van der Waals surface area contributed by atoms with E-state index in [1.807, 2.05) is 23.7 Å². The molecule has 3 heteroatoms. The maximum Gasteiger partial charge on any atom is 0.193 e. The standard InChI is InChI=1S/C13H12BrNO/c1-15-11-5-3-2-4-8(11)9-6-7-10(14)13(16)12(9)15/h2-5,10H,6-7H2,1H3. The van der Waals surface area contributed by atoms with E-state index in [0.717, 1.165) is 24.1 Å². The number of hydrogen-bond acceptors (Lipinski definition) is 1. The van der Waals surface area contributed by atoms with Crippen LogP contribution in [0.15, 0.2) is 24.3 Å². The van der Waals surface area contributed by atoms with Gasteiger partial charge < -0.3 is 4.57 Å². The zero-order valence-electron chi connectivity index (χ0n) is 9.03. The first kappa shape index (κ1) is 10.1. The predicted octanol–water partition coefficient (Wildman–Crippen LogP) is 3.07. The number of carbonyl (C=O) groups is 1. The Hall–Kier alpha value is -1.09. The molecule has 1 aliphatic rings. The number of rotatable bonds is 0. The van der Waals surface area contributed by atoms with E-state index in [2.05, 4.69) is 28.1 Å². The summed E-state index contributed by atoms with van der Waals surface area (Å²) >= 11 is 3.45. The lowest BCUT2D eigenvalue weighted by Gasteiger charge is -2.17. The Kier molecular flexibility index (Phi) is 2.18. The van der Waals surface area contributed by atoms with Gasteiger partial charge in [0.25, 0.3) is 0 Å². The number of alkyl halides is 1. The summed E-state index contributed by atoms with van der Waals surface area (Å²) < 4.78 is 2.03. The fourth-order valence-corrected chi connectivity index (χ4v) is 3.04. The third-order valence-corrected chi connectivity index (χ3v) is 4.25. The van der Waals surface area contributed by atoms with Gasteiger partial charge in [-0.25, -0.2) is 0 Å². The second-order valence-corrected chi connectivity index (χ2v) is 5.38. The number of nitrogens with zero attached hydrogens (tertiary/aromatic N) is 1. The summed E-state index contributed by atoms with van der Waals surface area (Å²) in [5.41, 5.74) is 3.26. The van der Waals surface area contributed by atoms with Gasteiger partial charge in [0.05, 0.1) is 10.5 Å². The molecule has 1 unspecified atom stereocenters. The van der Waals surface area contributed by atoms with Crippen LogP contribution in [0.5, 0.6) is 0 Å². The maximum atomic E-state index is 12.1. The summed E-state index contributed by atoms with van der Waals surface area (Å²) in [7, 11) is 1.98. The number of ketones is 1. The maximum absolute atomic E-state index is 12.1. The number of aryl methyl sites for hydroxylation is 2. The van der Waals surface area contributed by atoms with E-state index in [-0.39, 0.29) is 10.6 Å². The van der Waals surface area contributed by atoms with Crippen LogP contribution in [0, 0.1) is 0 Å². The average molecular weight is 278 g/mol. The zero-order chi connectivity index (χ0) is 11.3. The Balaban J connectivity index is 2.39. The first-order valence-electron chi connectivity index (χ1n) is 5.44. The molecule has 2 aromatic rings. The van der Waals surface area contributed by atoms with Crippen molar-refractivity contribution in [1.82, 2.24) is 4.57 Å². The molecule has 0 radical (unpaired) electrons. The second kappa shape index (κ2) is 3.45. The molecule has 82 valence electrons. The molecule has 0 N–H and O–H groups in total. The Morgan fingerprint density at radius 2 is 2.12 bits per heavy atom. The SMILES string of the molecule is Cn1c2c(c3ccccc31)CCC(Br)C2=O. The van der Waals surface area contributed by atoms with E-state index in [4.69, 9.17) is 0 Å². The Bertz CT molecular complexity index is 585. The molecule has 0 saturated carbocycles. The smallest absolute Gasteiger partial charge is 0.193 e. The Morgan fingerprint density at radius 3 is 2.94 bits per heavy atom. The molecule has 1 atom stereocenters. The van der Waals surface area contributed by atoms with Crippen molar-refractivity contribution in [1.29, 1.82) is 0 Å². The van der Waals surface area contributed by atoms with Gasteiger partial charge in [0.1, 0.15) is 0 Å². The quantitative estimate of drug-likeness (QED) is 0.679. The minimum absolute atomic E-state index is 0.0111. The van der Waals surface area contributed by atoms with Gasteiger partial charge in [-0.15, -0.1) is 0 Å². The predicted molar refractivity (Wildman–Crippen MR) is 68.3 cm³/mol. The molecule has 1 aromatic heterocycles. The molecule has 0 saturated heterocycles. The highest BCUT2D eigenvalue weighted by molar-refractivity contribution is 9.10. The first-order chi connectivity index (χ1) is 7.70. The topological polar surface area (TPSA) is 22.0 Å². The van der Waals surface area contributed by atoms with Crippen LogP contribution in [0.4, 0.5) is 0 Å². The fraction of sp³-hybridized carbons (Fsp3) is 0.308. The molecule has 0 amide bonds. The van der Waals surface area contributed by atoms with Gasteiger partial charge in [-0.3, -0.25) is 4.79 Å². The van der Waals surface area contributed by atoms with Gasteiger partial charge >= 0.3 is 0 Å². The van der Waals surface area contributed by atoms with Crippen molar-refractivity contribution in [2.75, 3.05) is 0 Å². The third kappa shape index (κ3) is 1.21. The molecule has 0 bridgehead atoms. The average Bonchev–Trinajstić information content (AvgIpc) is 2.59. The van der Waals surface area contributed by atoms with E-state index in [9.17, 15) is 4.79 Å². The first-order valence-corrected chi connectivity index (χ1v) is 6.36. The lowest BCUT2D eigenvalue weighted by Crippen LogP contribution is -2.24. The van der Waals surface area contributed by atoms with E-state index >= 15 is 0 Å². The van der Waals surface area contributed by atoms with Crippen LogP contribution < -0.4 is 0 Å². The molecule has 16 heavy (non-hydrogen) atoms.